The van der Waals surface area contributed by atoms with Gasteiger partial charge in [-0.15, -0.1) is 11.3 Å². The Balaban J connectivity index is 1.70. The molecule has 168 valence electrons. The van der Waals surface area contributed by atoms with Gasteiger partial charge in [-0.2, -0.15) is 0 Å². The molecule has 9 heteroatoms. The minimum Gasteiger partial charge on any atom is -0.350 e. The van der Waals surface area contributed by atoms with E-state index in [0.29, 0.717) is 45.8 Å². The molecule has 2 heterocycles. The molecule has 1 aromatic heterocycles. The number of hydrogen-bond donors (Lipinski definition) is 2. The first kappa shape index (κ1) is 24.3. The summed E-state index contributed by atoms with van der Waals surface area (Å²) in [6.07, 6.45) is 0. The van der Waals surface area contributed by atoms with E-state index in [9.17, 15) is 14.4 Å². The Morgan fingerprint density at radius 1 is 1.10 bits per heavy atom. The largest absolute Gasteiger partial charge is 0.350 e. The van der Waals surface area contributed by atoms with Crippen LogP contribution >= 0.6 is 11.3 Å². The lowest BCUT2D eigenvalue weighted by Crippen LogP contribution is -2.54. The second-order valence-corrected chi connectivity index (χ2v) is 9.65. The Hall–Kier alpha value is -1.97. The summed E-state index contributed by atoms with van der Waals surface area (Å²) in [5, 5.41) is 7.85. The lowest BCUT2D eigenvalue weighted by Gasteiger charge is -2.35. The van der Waals surface area contributed by atoms with Crippen molar-refractivity contribution < 1.29 is 14.4 Å². The normalized spacial score (nSPS) is 15.3. The van der Waals surface area contributed by atoms with Crippen LogP contribution in [0.4, 0.5) is 0 Å². The third-order valence-electron chi connectivity index (χ3n) is 4.82. The van der Waals surface area contributed by atoms with Crippen molar-refractivity contribution in [1.29, 1.82) is 0 Å². The van der Waals surface area contributed by atoms with Crippen molar-refractivity contribution in [3.63, 3.8) is 0 Å². The molecule has 1 saturated heterocycles. The average Bonchev–Trinajstić information content (AvgIpc) is 3.18. The number of likely N-dealkylation sites (N-methyl/N-ethyl adjacent to an activating group) is 1. The molecule has 2 rings (SSSR count). The van der Waals surface area contributed by atoms with Gasteiger partial charge >= 0.3 is 0 Å². The molecule has 0 radical (unpaired) electrons. The van der Waals surface area contributed by atoms with Gasteiger partial charge in [0.05, 0.1) is 26.2 Å². The van der Waals surface area contributed by atoms with Crippen molar-refractivity contribution in [3.05, 3.63) is 22.4 Å². The standard InChI is InChI=1S/C21H35N5O3S/c1-5-24(14-18(27)22-13-17-7-6-12-30-17)16-20(29)26-10-8-25(9-11-26)15-19(28)23-21(2,3)4/h6-7,12H,5,8-11,13-16H2,1-4H3,(H,22,27)(H,23,28). The van der Waals surface area contributed by atoms with Crippen LogP contribution in [0.2, 0.25) is 0 Å². The van der Waals surface area contributed by atoms with Crippen LogP contribution in [0, 0.1) is 0 Å². The zero-order chi connectivity index (χ0) is 22.1. The number of nitrogens with one attached hydrogen (secondary N) is 2. The van der Waals surface area contributed by atoms with Gasteiger partial charge in [-0.3, -0.25) is 24.2 Å². The third kappa shape index (κ3) is 8.81. The van der Waals surface area contributed by atoms with E-state index in [0.717, 1.165) is 4.88 Å². The Morgan fingerprint density at radius 2 is 1.80 bits per heavy atom. The minimum absolute atomic E-state index is 0.00740. The number of thiophene rings is 1. The highest BCUT2D eigenvalue weighted by Gasteiger charge is 2.25. The van der Waals surface area contributed by atoms with E-state index in [-0.39, 0.29) is 36.3 Å². The maximum Gasteiger partial charge on any atom is 0.236 e. The summed E-state index contributed by atoms with van der Waals surface area (Å²) in [6.45, 7) is 12.3. The van der Waals surface area contributed by atoms with Gasteiger partial charge in [-0.25, -0.2) is 0 Å². The highest BCUT2D eigenvalue weighted by Crippen LogP contribution is 2.08. The van der Waals surface area contributed by atoms with Crippen molar-refractivity contribution in [1.82, 2.24) is 25.3 Å². The van der Waals surface area contributed by atoms with Gasteiger partial charge < -0.3 is 15.5 Å². The van der Waals surface area contributed by atoms with Crippen molar-refractivity contribution in [2.45, 2.75) is 39.8 Å². The summed E-state index contributed by atoms with van der Waals surface area (Å²) >= 11 is 1.61. The van der Waals surface area contributed by atoms with Gasteiger partial charge in [0, 0.05) is 36.6 Å². The quantitative estimate of drug-likeness (QED) is 0.595. The highest BCUT2D eigenvalue weighted by atomic mass is 32.1. The van der Waals surface area contributed by atoms with Crippen molar-refractivity contribution in [2.75, 3.05) is 52.4 Å². The fourth-order valence-corrected chi connectivity index (χ4v) is 3.89. The lowest BCUT2D eigenvalue weighted by molar-refractivity contribution is -0.135. The Bertz CT molecular complexity index is 694. The van der Waals surface area contributed by atoms with E-state index < -0.39 is 0 Å². The smallest absolute Gasteiger partial charge is 0.236 e. The van der Waals surface area contributed by atoms with Crippen molar-refractivity contribution >= 4 is 29.1 Å². The Kier molecular flexibility index (Phi) is 9.26. The van der Waals surface area contributed by atoms with Crippen LogP contribution in [-0.2, 0) is 20.9 Å². The van der Waals surface area contributed by atoms with Gasteiger partial charge in [-0.05, 0) is 38.8 Å². The van der Waals surface area contributed by atoms with Gasteiger partial charge in [0.25, 0.3) is 0 Å². The molecule has 3 amide bonds. The second-order valence-electron chi connectivity index (χ2n) is 8.61. The molecule has 0 bridgehead atoms. The summed E-state index contributed by atoms with van der Waals surface area (Å²) in [6, 6.07) is 3.94. The topological polar surface area (TPSA) is 85.0 Å². The van der Waals surface area contributed by atoms with Crippen LogP contribution in [-0.4, -0.2) is 90.3 Å². The summed E-state index contributed by atoms with van der Waals surface area (Å²) in [7, 11) is 0. The van der Waals surface area contributed by atoms with E-state index in [1.807, 2.05) is 55.0 Å². The minimum atomic E-state index is -0.242. The molecule has 1 aliphatic heterocycles. The number of amides is 3. The summed E-state index contributed by atoms with van der Waals surface area (Å²) in [4.78, 5) is 43.8. The molecular weight excluding hydrogens is 402 g/mol. The van der Waals surface area contributed by atoms with Crippen LogP contribution in [0.25, 0.3) is 0 Å². The molecule has 0 saturated carbocycles. The van der Waals surface area contributed by atoms with Crippen molar-refractivity contribution in [2.24, 2.45) is 0 Å². The summed E-state index contributed by atoms with van der Waals surface area (Å²) in [5.74, 6) is -0.0394. The number of carbonyl (C=O) groups excluding carboxylic acids is 3. The van der Waals surface area contributed by atoms with Gasteiger partial charge in [0.2, 0.25) is 17.7 Å². The Labute approximate surface area is 183 Å². The molecule has 0 unspecified atom stereocenters. The second kappa shape index (κ2) is 11.4. The molecule has 0 aliphatic carbocycles. The molecule has 1 aliphatic rings. The van der Waals surface area contributed by atoms with E-state index >= 15 is 0 Å². The average molecular weight is 438 g/mol. The third-order valence-corrected chi connectivity index (χ3v) is 5.70. The molecule has 2 N–H and O–H groups in total. The zero-order valence-corrected chi connectivity index (χ0v) is 19.4. The molecular formula is C21H35N5O3S. The van der Waals surface area contributed by atoms with E-state index in [2.05, 4.69) is 15.5 Å². The maximum absolute atomic E-state index is 12.7. The molecule has 0 spiro atoms. The van der Waals surface area contributed by atoms with Gasteiger partial charge in [-0.1, -0.05) is 13.0 Å². The monoisotopic (exact) mass is 437 g/mol. The Morgan fingerprint density at radius 3 is 2.37 bits per heavy atom. The fourth-order valence-electron chi connectivity index (χ4n) is 3.24. The highest BCUT2D eigenvalue weighted by molar-refractivity contribution is 7.09. The molecule has 1 fully saturated rings. The molecule has 0 aromatic carbocycles. The van der Waals surface area contributed by atoms with Crippen LogP contribution in [0.15, 0.2) is 17.5 Å². The number of piperazine rings is 1. The molecule has 1 aromatic rings. The maximum atomic E-state index is 12.7. The number of carbonyl (C=O) groups is 3. The first-order valence-electron chi connectivity index (χ1n) is 10.5. The number of rotatable bonds is 9. The first-order chi connectivity index (χ1) is 14.2. The van der Waals surface area contributed by atoms with Crippen molar-refractivity contribution in [3.8, 4) is 0 Å². The predicted molar refractivity (Wildman–Crippen MR) is 119 cm³/mol. The SMILES string of the molecule is CCN(CC(=O)NCc1cccs1)CC(=O)N1CCN(CC(=O)NC(C)(C)C)CC1. The summed E-state index contributed by atoms with van der Waals surface area (Å²) < 4.78 is 0. The molecule has 30 heavy (non-hydrogen) atoms. The lowest BCUT2D eigenvalue weighted by atomic mass is 10.1. The van der Waals surface area contributed by atoms with Crippen LogP contribution in [0.5, 0.6) is 0 Å². The van der Waals surface area contributed by atoms with Crippen LogP contribution < -0.4 is 10.6 Å². The van der Waals surface area contributed by atoms with E-state index in [4.69, 9.17) is 0 Å². The first-order valence-corrected chi connectivity index (χ1v) is 11.4. The summed E-state index contributed by atoms with van der Waals surface area (Å²) in [5.41, 5.74) is -0.242. The number of hydrogen-bond acceptors (Lipinski definition) is 6. The van der Waals surface area contributed by atoms with Gasteiger partial charge in [0.1, 0.15) is 0 Å². The molecule has 8 nitrogen and oxygen atoms in total. The zero-order valence-electron chi connectivity index (χ0n) is 18.6. The van der Waals surface area contributed by atoms with Gasteiger partial charge in [0.15, 0.2) is 0 Å². The van der Waals surface area contributed by atoms with E-state index in [1.165, 1.54) is 0 Å². The van der Waals surface area contributed by atoms with Crippen LogP contribution in [0.1, 0.15) is 32.6 Å². The predicted octanol–water partition coefficient (Wildman–Crippen LogP) is 0.745. The fraction of sp³-hybridized carbons (Fsp3) is 0.667. The van der Waals surface area contributed by atoms with E-state index in [1.54, 1.807) is 11.3 Å². The molecule has 0 atom stereocenters. The van der Waals surface area contributed by atoms with Crippen LogP contribution in [0.3, 0.4) is 0 Å². The number of nitrogens with zero attached hydrogens (tertiary/aromatic N) is 3.